The Morgan fingerprint density at radius 3 is 2.84 bits per heavy atom. The Morgan fingerprint density at radius 2 is 2.11 bits per heavy atom. The van der Waals surface area contributed by atoms with Crippen molar-refractivity contribution in [2.75, 3.05) is 6.61 Å². The molecule has 1 aliphatic carbocycles. The standard InChI is InChI=1S/C15H23NO2S/c1-11(8-9-17)16-15(18)14-10-12-6-4-2-3-5-7-13(12)19-14/h10-11,17H,2-9H2,1H3,(H,16,18). The highest BCUT2D eigenvalue weighted by Crippen LogP contribution is 2.28. The fraction of sp³-hybridized carbons (Fsp3) is 0.667. The van der Waals surface area contributed by atoms with Crippen molar-refractivity contribution in [1.29, 1.82) is 0 Å². The van der Waals surface area contributed by atoms with Crippen LogP contribution in [0.4, 0.5) is 0 Å². The lowest BCUT2D eigenvalue weighted by Crippen LogP contribution is -2.32. The van der Waals surface area contributed by atoms with E-state index in [9.17, 15) is 4.79 Å². The largest absolute Gasteiger partial charge is 0.396 e. The summed E-state index contributed by atoms with van der Waals surface area (Å²) in [6.45, 7) is 2.04. The summed E-state index contributed by atoms with van der Waals surface area (Å²) in [5.74, 6) is 0.0118. The molecule has 2 rings (SSSR count). The first-order valence-electron chi connectivity index (χ1n) is 7.24. The highest BCUT2D eigenvalue weighted by molar-refractivity contribution is 7.14. The van der Waals surface area contributed by atoms with E-state index in [0.717, 1.165) is 17.7 Å². The summed E-state index contributed by atoms with van der Waals surface area (Å²) in [6.07, 6.45) is 7.96. The number of amides is 1. The van der Waals surface area contributed by atoms with E-state index in [4.69, 9.17) is 5.11 Å². The van der Waals surface area contributed by atoms with Crippen LogP contribution >= 0.6 is 11.3 Å². The molecule has 0 fully saturated rings. The first-order chi connectivity index (χ1) is 9.20. The Bertz CT molecular complexity index is 402. The molecule has 1 aliphatic rings. The van der Waals surface area contributed by atoms with Gasteiger partial charge in [0, 0.05) is 17.5 Å². The van der Waals surface area contributed by atoms with Crippen molar-refractivity contribution in [3.8, 4) is 0 Å². The van der Waals surface area contributed by atoms with Crippen LogP contribution in [0.1, 0.15) is 59.1 Å². The van der Waals surface area contributed by atoms with Gasteiger partial charge in [-0.1, -0.05) is 12.8 Å². The van der Waals surface area contributed by atoms with E-state index in [0.29, 0.717) is 6.42 Å². The van der Waals surface area contributed by atoms with Crippen LogP contribution in [-0.4, -0.2) is 23.7 Å². The average molecular weight is 281 g/mol. The van der Waals surface area contributed by atoms with Gasteiger partial charge in [-0.15, -0.1) is 11.3 Å². The summed E-state index contributed by atoms with van der Waals surface area (Å²) in [6, 6.07) is 2.11. The molecule has 0 saturated heterocycles. The maximum absolute atomic E-state index is 12.1. The zero-order valence-corrected chi connectivity index (χ0v) is 12.4. The highest BCUT2D eigenvalue weighted by Gasteiger charge is 2.16. The molecule has 0 saturated carbocycles. The average Bonchev–Trinajstić information content (AvgIpc) is 2.72. The third kappa shape index (κ3) is 4.05. The molecule has 0 aromatic carbocycles. The number of carbonyl (C=O) groups excluding carboxylic acids is 1. The Balaban J connectivity index is 2.04. The fourth-order valence-corrected chi connectivity index (χ4v) is 3.67. The summed E-state index contributed by atoms with van der Waals surface area (Å²) in [4.78, 5) is 14.4. The molecule has 0 aliphatic heterocycles. The lowest BCUT2D eigenvalue weighted by molar-refractivity contribution is 0.0938. The molecule has 0 bridgehead atoms. The van der Waals surface area contributed by atoms with Gasteiger partial charge in [0.1, 0.15) is 0 Å². The number of rotatable bonds is 4. The van der Waals surface area contributed by atoms with Gasteiger partial charge < -0.3 is 10.4 Å². The molecular formula is C15H23NO2S. The second-order valence-corrected chi connectivity index (χ2v) is 6.50. The van der Waals surface area contributed by atoms with Gasteiger partial charge in [-0.2, -0.15) is 0 Å². The van der Waals surface area contributed by atoms with E-state index in [1.807, 2.05) is 6.92 Å². The summed E-state index contributed by atoms with van der Waals surface area (Å²) >= 11 is 1.65. The quantitative estimate of drug-likeness (QED) is 0.891. The van der Waals surface area contributed by atoms with Gasteiger partial charge in [-0.25, -0.2) is 0 Å². The van der Waals surface area contributed by atoms with Crippen LogP contribution in [-0.2, 0) is 12.8 Å². The zero-order chi connectivity index (χ0) is 13.7. The van der Waals surface area contributed by atoms with Crippen LogP contribution < -0.4 is 5.32 Å². The first kappa shape index (κ1) is 14.5. The molecule has 1 unspecified atom stereocenters. The Hall–Kier alpha value is -0.870. The fourth-order valence-electron chi connectivity index (χ4n) is 2.52. The maximum Gasteiger partial charge on any atom is 0.261 e. The van der Waals surface area contributed by atoms with Crippen LogP contribution in [0.2, 0.25) is 0 Å². The van der Waals surface area contributed by atoms with Crippen molar-refractivity contribution in [2.24, 2.45) is 0 Å². The minimum absolute atomic E-state index is 0.0118. The molecular weight excluding hydrogens is 258 g/mol. The van der Waals surface area contributed by atoms with Crippen molar-refractivity contribution in [2.45, 2.75) is 57.9 Å². The van der Waals surface area contributed by atoms with Gasteiger partial charge >= 0.3 is 0 Å². The van der Waals surface area contributed by atoms with Gasteiger partial charge in [0.05, 0.1) is 4.88 Å². The number of hydrogen-bond donors (Lipinski definition) is 2. The molecule has 106 valence electrons. The third-order valence-corrected chi connectivity index (χ3v) is 4.90. The molecule has 1 aromatic rings. The number of fused-ring (bicyclic) bond motifs is 1. The van der Waals surface area contributed by atoms with Crippen LogP contribution in [0.5, 0.6) is 0 Å². The second kappa shape index (κ2) is 7.06. The van der Waals surface area contributed by atoms with Crippen LogP contribution in [0.25, 0.3) is 0 Å². The number of aliphatic hydroxyl groups excluding tert-OH is 1. The van der Waals surface area contributed by atoms with E-state index < -0.39 is 0 Å². The van der Waals surface area contributed by atoms with E-state index in [1.54, 1.807) is 11.3 Å². The van der Waals surface area contributed by atoms with E-state index in [-0.39, 0.29) is 18.6 Å². The number of aryl methyl sites for hydroxylation is 2. The van der Waals surface area contributed by atoms with Crippen molar-refractivity contribution < 1.29 is 9.90 Å². The minimum Gasteiger partial charge on any atom is -0.396 e. The van der Waals surface area contributed by atoms with Crippen molar-refractivity contribution in [3.05, 3.63) is 21.4 Å². The Morgan fingerprint density at radius 1 is 1.37 bits per heavy atom. The third-order valence-electron chi connectivity index (χ3n) is 3.66. The summed E-state index contributed by atoms with van der Waals surface area (Å²) in [5, 5.41) is 11.8. The molecule has 1 aromatic heterocycles. The molecule has 2 N–H and O–H groups in total. The molecule has 4 heteroatoms. The number of aliphatic hydroxyl groups is 1. The van der Waals surface area contributed by atoms with Crippen LogP contribution in [0.3, 0.4) is 0 Å². The maximum atomic E-state index is 12.1. The monoisotopic (exact) mass is 281 g/mol. The minimum atomic E-state index is 0.0118. The molecule has 1 heterocycles. The number of thiophene rings is 1. The molecule has 1 atom stereocenters. The molecule has 19 heavy (non-hydrogen) atoms. The van der Waals surface area contributed by atoms with E-state index in [1.165, 1.54) is 36.1 Å². The van der Waals surface area contributed by atoms with Crippen molar-refractivity contribution in [3.63, 3.8) is 0 Å². The van der Waals surface area contributed by atoms with E-state index in [2.05, 4.69) is 11.4 Å². The molecule has 0 radical (unpaired) electrons. The van der Waals surface area contributed by atoms with E-state index >= 15 is 0 Å². The molecule has 1 amide bonds. The predicted octanol–water partition coefficient (Wildman–Crippen LogP) is 2.91. The van der Waals surface area contributed by atoms with Gasteiger partial charge in [0.15, 0.2) is 0 Å². The summed E-state index contributed by atoms with van der Waals surface area (Å²) in [5.41, 5.74) is 1.38. The molecule has 0 spiro atoms. The van der Waals surface area contributed by atoms with Crippen molar-refractivity contribution in [1.82, 2.24) is 5.32 Å². The van der Waals surface area contributed by atoms with Crippen molar-refractivity contribution >= 4 is 17.2 Å². The normalized spacial score (nSPS) is 17.2. The SMILES string of the molecule is CC(CCO)NC(=O)c1cc2c(s1)CCCCCC2. The number of nitrogens with one attached hydrogen (secondary N) is 1. The predicted molar refractivity (Wildman–Crippen MR) is 78.8 cm³/mol. The number of carbonyl (C=O) groups is 1. The lowest BCUT2D eigenvalue weighted by atomic mass is 10.00. The first-order valence-corrected chi connectivity index (χ1v) is 8.05. The number of hydrogen-bond acceptors (Lipinski definition) is 3. The van der Waals surface area contributed by atoms with Gasteiger partial charge in [0.2, 0.25) is 0 Å². The zero-order valence-electron chi connectivity index (χ0n) is 11.6. The molecule has 3 nitrogen and oxygen atoms in total. The van der Waals surface area contributed by atoms with Gasteiger partial charge in [-0.05, 0) is 50.7 Å². The lowest BCUT2D eigenvalue weighted by Gasteiger charge is -2.10. The van der Waals surface area contributed by atoms with Gasteiger partial charge in [0.25, 0.3) is 5.91 Å². The summed E-state index contributed by atoms with van der Waals surface area (Å²) < 4.78 is 0. The second-order valence-electron chi connectivity index (χ2n) is 5.36. The van der Waals surface area contributed by atoms with Gasteiger partial charge in [-0.3, -0.25) is 4.79 Å². The van der Waals surface area contributed by atoms with Crippen LogP contribution in [0.15, 0.2) is 6.07 Å². The highest BCUT2D eigenvalue weighted by atomic mass is 32.1. The topological polar surface area (TPSA) is 49.3 Å². The Kier molecular flexibility index (Phi) is 5.40. The smallest absolute Gasteiger partial charge is 0.261 e. The summed E-state index contributed by atoms with van der Waals surface area (Å²) in [7, 11) is 0. The Labute approximate surface area is 119 Å². The van der Waals surface area contributed by atoms with Crippen LogP contribution in [0, 0.1) is 0 Å².